The molecule has 3 aromatic rings. The van der Waals surface area contributed by atoms with Crippen molar-refractivity contribution < 1.29 is 4.42 Å². The summed E-state index contributed by atoms with van der Waals surface area (Å²) in [6.07, 6.45) is 1.60. The summed E-state index contributed by atoms with van der Waals surface area (Å²) >= 11 is 0. The van der Waals surface area contributed by atoms with Gasteiger partial charge in [-0.05, 0) is 19.1 Å². The minimum atomic E-state index is -0.0741. The molecule has 0 aliphatic carbocycles. The molecule has 0 saturated heterocycles. The van der Waals surface area contributed by atoms with Gasteiger partial charge in [0.05, 0.1) is 11.1 Å². The van der Waals surface area contributed by atoms with Crippen LogP contribution < -0.4 is 5.43 Å². The first kappa shape index (κ1) is 9.08. The first-order chi connectivity index (χ1) is 7.68. The fourth-order valence-electron chi connectivity index (χ4n) is 1.89. The monoisotopic (exact) mass is 215 g/mol. The Morgan fingerprint density at radius 1 is 1.44 bits per heavy atom. The van der Waals surface area contributed by atoms with Gasteiger partial charge >= 0.3 is 0 Å². The summed E-state index contributed by atoms with van der Waals surface area (Å²) in [5.41, 5.74) is 1.42. The minimum Gasteiger partial charge on any atom is -0.419 e. The molecule has 5 nitrogen and oxygen atoms in total. The Kier molecular flexibility index (Phi) is 1.65. The second-order valence-corrected chi connectivity index (χ2v) is 3.68. The first-order valence-corrected chi connectivity index (χ1v) is 4.89. The highest BCUT2D eigenvalue weighted by Gasteiger charge is 2.14. The molecule has 0 aromatic carbocycles. The van der Waals surface area contributed by atoms with E-state index in [1.54, 1.807) is 37.0 Å². The molecule has 3 heterocycles. The zero-order chi connectivity index (χ0) is 11.3. The second-order valence-electron chi connectivity index (χ2n) is 3.68. The zero-order valence-corrected chi connectivity index (χ0v) is 8.89. The number of pyridine rings is 1. The number of fused-ring (bicyclic) bond motifs is 2. The van der Waals surface area contributed by atoms with Crippen molar-refractivity contribution in [2.75, 3.05) is 0 Å². The van der Waals surface area contributed by atoms with E-state index in [9.17, 15) is 4.79 Å². The molecule has 3 rings (SSSR count). The lowest BCUT2D eigenvalue weighted by Gasteiger charge is -1.96. The number of hydrogen-bond donors (Lipinski definition) is 0. The lowest BCUT2D eigenvalue weighted by molar-refractivity contribution is 0.589. The second kappa shape index (κ2) is 2.91. The molecule has 3 aromatic heterocycles. The molecule has 16 heavy (non-hydrogen) atoms. The van der Waals surface area contributed by atoms with Crippen LogP contribution in [0.3, 0.4) is 0 Å². The highest BCUT2D eigenvalue weighted by Crippen LogP contribution is 2.18. The van der Waals surface area contributed by atoms with Crippen molar-refractivity contribution in [1.82, 2.24) is 14.8 Å². The molecule has 0 aliphatic rings. The van der Waals surface area contributed by atoms with E-state index in [2.05, 4.69) is 10.1 Å². The minimum absolute atomic E-state index is 0.0741. The van der Waals surface area contributed by atoms with Crippen molar-refractivity contribution in [1.29, 1.82) is 0 Å². The molecule has 0 bridgehead atoms. The number of hydrogen-bond acceptors (Lipinski definition) is 4. The van der Waals surface area contributed by atoms with Crippen LogP contribution in [0.2, 0.25) is 0 Å². The van der Waals surface area contributed by atoms with E-state index in [0.717, 1.165) is 0 Å². The van der Waals surface area contributed by atoms with Crippen LogP contribution in [-0.2, 0) is 7.05 Å². The van der Waals surface area contributed by atoms with Crippen molar-refractivity contribution in [3.63, 3.8) is 0 Å². The van der Waals surface area contributed by atoms with E-state index < -0.39 is 0 Å². The van der Waals surface area contributed by atoms with Gasteiger partial charge in [0, 0.05) is 13.2 Å². The molecule has 0 amide bonds. The highest BCUT2D eigenvalue weighted by atomic mass is 16.3. The number of nitrogens with zero attached hydrogens (tertiary/aromatic N) is 3. The van der Waals surface area contributed by atoms with Crippen molar-refractivity contribution in [3.05, 3.63) is 34.2 Å². The molecule has 5 heteroatoms. The van der Waals surface area contributed by atoms with Gasteiger partial charge in [0.1, 0.15) is 5.39 Å². The topological polar surface area (TPSA) is 60.9 Å². The van der Waals surface area contributed by atoms with Crippen molar-refractivity contribution in [2.45, 2.75) is 6.92 Å². The average Bonchev–Trinajstić information content (AvgIpc) is 2.55. The van der Waals surface area contributed by atoms with Crippen LogP contribution in [0.15, 0.2) is 27.5 Å². The standard InChI is InChI=1S/C11H9N3O2/c1-6-8-9(15)7-4-3-5-12-10(7)16-11(8)14(2)13-6/h3-5H,1-2H3. The van der Waals surface area contributed by atoms with E-state index in [1.165, 1.54) is 0 Å². The van der Waals surface area contributed by atoms with Crippen molar-refractivity contribution in [3.8, 4) is 0 Å². The van der Waals surface area contributed by atoms with E-state index in [0.29, 0.717) is 27.9 Å². The number of aryl methyl sites for hydroxylation is 2. The summed E-state index contributed by atoms with van der Waals surface area (Å²) < 4.78 is 7.12. The fraction of sp³-hybridized carbons (Fsp3) is 0.182. The quantitative estimate of drug-likeness (QED) is 0.568. The molecular weight excluding hydrogens is 206 g/mol. The smallest absolute Gasteiger partial charge is 0.232 e. The Hall–Kier alpha value is -2.17. The summed E-state index contributed by atoms with van der Waals surface area (Å²) in [4.78, 5) is 16.2. The average molecular weight is 215 g/mol. The van der Waals surface area contributed by atoms with Crippen LogP contribution >= 0.6 is 0 Å². The summed E-state index contributed by atoms with van der Waals surface area (Å²) in [5.74, 6) is 0. The van der Waals surface area contributed by atoms with Gasteiger partial charge in [-0.1, -0.05) is 0 Å². The van der Waals surface area contributed by atoms with Crippen molar-refractivity contribution in [2.24, 2.45) is 7.05 Å². The third-order valence-electron chi connectivity index (χ3n) is 2.61. The zero-order valence-electron chi connectivity index (χ0n) is 8.89. The Morgan fingerprint density at radius 2 is 2.25 bits per heavy atom. The third-order valence-corrected chi connectivity index (χ3v) is 2.61. The molecular formula is C11H9N3O2. The Labute approximate surface area is 90.3 Å². The van der Waals surface area contributed by atoms with Gasteiger partial charge in [-0.15, -0.1) is 0 Å². The van der Waals surface area contributed by atoms with Crippen LogP contribution in [0.1, 0.15) is 5.69 Å². The molecule has 80 valence electrons. The van der Waals surface area contributed by atoms with Gasteiger partial charge in [-0.3, -0.25) is 4.79 Å². The van der Waals surface area contributed by atoms with Gasteiger partial charge in [-0.2, -0.15) is 5.10 Å². The molecule has 0 aliphatic heterocycles. The van der Waals surface area contributed by atoms with Crippen LogP contribution in [0.4, 0.5) is 0 Å². The van der Waals surface area contributed by atoms with Gasteiger partial charge in [-0.25, -0.2) is 9.67 Å². The molecule has 0 radical (unpaired) electrons. The van der Waals surface area contributed by atoms with Crippen molar-refractivity contribution >= 4 is 22.2 Å². The fourth-order valence-corrected chi connectivity index (χ4v) is 1.89. The molecule has 0 N–H and O–H groups in total. The maximum atomic E-state index is 12.2. The summed E-state index contributed by atoms with van der Waals surface area (Å²) in [6.45, 7) is 1.79. The number of aromatic nitrogens is 3. The molecule has 0 spiro atoms. The summed E-state index contributed by atoms with van der Waals surface area (Å²) in [7, 11) is 1.74. The van der Waals surface area contributed by atoms with Gasteiger partial charge in [0.2, 0.25) is 16.9 Å². The Bertz CT molecular complexity index is 755. The van der Waals surface area contributed by atoms with Gasteiger partial charge < -0.3 is 4.42 Å². The summed E-state index contributed by atoms with van der Waals surface area (Å²) in [5, 5.41) is 5.19. The van der Waals surface area contributed by atoms with E-state index in [1.807, 2.05) is 0 Å². The Balaban J connectivity index is 2.69. The molecule has 0 saturated carbocycles. The number of rotatable bonds is 0. The highest BCUT2D eigenvalue weighted by molar-refractivity contribution is 5.87. The Morgan fingerprint density at radius 3 is 3.06 bits per heavy atom. The van der Waals surface area contributed by atoms with Gasteiger partial charge in [0.25, 0.3) is 0 Å². The molecule has 0 unspecified atom stereocenters. The van der Waals surface area contributed by atoms with Crippen LogP contribution in [-0.4, -0.2) is 14.8 Å². The first-order valence-electron chi connectivity index (χ1n) is 4.89. The van der Waals surface area contributed by atoms with Gasteiger partial charge in [0.15, 0.2) is 0 Å². The molecule has 0 fully saturated rings. The normalized spacial score (nSPS) is 11.4. The van der Waals surface area contributed by atoms with E-state index in [4.69, 9.17) is 4.42 Å². The summed E-state index contributed by atoms with van der Waals surface area (Å²) in [6, 6.07) is 3.43. The maximum absolute atomic E-state index is 12.2. The third kappa shape index (κ3) is 1.02. The lowest BCUT2D eigenvalue weighted by Crippen LogP contribution is -2.03. The van der Waals surface area contributed by atoms with Crippen LogP contribution in [0.5, 0.6) is 0 Å². The molecule has 0 atom stereocenters. The van der Waals surface area contributed by atoms with E-state index in [-0.39, 0.29) is 5.43 Å². The predicted molar refractivity (Wildman–Crippen MR) is 59.3 cm³/mol. The largest absolute Gasteiger partial charge is 0.419 e. The van der Waals surface area contributed by atoms with Crippen LogP contribution in [0, 0.1) is 6.92 Å². The maximum Gasteiger partial charge on any atom is 0.232 e. The SMILES string of the molecule is Cc1nn(C)c2oc3ncccc3c(=O)c12. The lowest BCUT2D eigenvalue weighted by atomic mass is 10.2. The van der Waals surface area contributed by atoms with E-state index >= 15 is 0 Å². The predicted octanol–water partition coefficient (Wildman–Crippen LogP) is 1.38. The van der Waals surface area contributed by atoms with Crippen LogP contribution in [0.25, 0.3) is 22.2 Å².